The van der Waals surface area contributed by atoms with E-state index in [0.717, 1.165) is 16.7 Å². The Balaban J connectivity index is 2.37. The fourth-order valence-electron chi connectivity index (χ4n) is 4.39. The molecule has 10 nitrogen and oxygen atoms in total. The molecule has 1 aromatic carbocycles. The molecule has 14 heteroatoms. The van der Waals surface area contributed by atoms with Crippen molar-refractivity contribution in [3.63, 3.8) is 0 Å². The van der Waals surface area contributed by atoms with Crippen molar-refractivity contribution < 1.29 is 27.6 Å². The summed E-state index contributed by atoms with van der Waals surface area (Å²) >= 11 is 0. The maximum atomic E-state index is 15.0. The second kappa shape index (κ2) is 9.60. The number of benzene rings is 1. The highest BCUT2D eigenvalue weighted by Gasteiger charge is 2.39. The van der Waals surface area contributed by atoms with Gasteiger partial charge in [0.05, 0.1) is 22.0 Å². The van der Waals surface area contributed by atoms with Crippen molar-refractivity contribution in [3.05, 3.63) is 90.4 Å². The summed E-state index contributed by atoms with van der Waals surface area (Å²) in [5.74, 6) is -3.15. The van der Waals surface area contributed by atoms with E-state index in [1.165, 1.54) is 6.33 Å². The minimum absolute atomic E-state index is 0.00365. The van der Waals surface area contributed by atoms with Crippen LogP contribution < -0.4 is 11.1 Å². The number of fused-ring (bicyclic) bond motifs is 1. The summed E-state index contributed by atoms with van der Waals surface area (Å²) in [5, 5.41) is 21.5. The molecule has 3 aromatic heterocycles. The Morgan fingerprint density at radius 2 is 1.56 bits per heavy atom. The van der Waals surface area contributed by atoms with Gasteiger partial charge in [-0.25, -0.2) is 14.4 Å². The third-order valence-electron chi connectivity index (χ3n) is 6.04. The predicted octanol–water partition coefficient (Wildman–Crippen LogP) is 4.95. The lowest BCUT2D eigenvalue weighted by Gasteiger charge is -2.22. The highest BCUT2D eigenvalue weighted by Crippen LogP contribution is 2.37. The number of hydrogen-bond acceptors (Lipinski definition) is 7. The van der Waals surface area contributed by atoms with E-state index in [0.29, 0.717) is 18.2 Å². The lowest BCUT2D eigenvalue weighted by molar-refractivity contribution is -0.384. The van der Waals surface area contributed by atoms with E-state index in [1.54, 1.807) is 27.7 Å². The molecule has 0 aliphatic rings. The largest absolute Gasteiger partial charge is 0.507 e. The molecule has 4 aromatic rings. The Kier molecular flexibility index (Phi) is 6.75. The number of aromatic hydroxyl groups is 1. The summed E-state index contributed by atoms with van der Waals surface area (Å²) in [4.78, 5) is 46.2. The molecule has 4 rings (SSSR count). The van der Waals surface area contributed by atoms with Crippen LogP contribution in [-0.2, 0) is 6.18 Å². The number of para-hydroxylation sites is 1. The molecular weight excluding hydrogens is 526 g/mol. The topological polar surface area (TPSA) is 133 Å². The van der Waals surface area contributed by atoms with Crippen LogP contribution >= 0.6 is 0 Å². The number of aromatic nitrogens is 4. The van der Waals surface area contributed by atoms with Crippen molar-refractivity contribution >= 4 is 16.6 Å². The van der Waals surface area contributed by atoms with Gasteiger partial charge in [-0.3, -0.25) is 28.8 Å². The second-order valence-electron chi connectivity index (χ2n) is 9.30. The third-order valence-corrected chi connectivity index (χ3v) is 6.04. The molecule has 0 unspecified atom stereocenters. The van der Waals surface area contributed by atoms with Crippen LogP contribution in [0.1, 0.15) is 56.6 Å². The Labute approximate surface area is 217 Å². The molecule has 0 atom stereocenters. The van der Waals surface area contributed by atoms with Crippen LogP contribution in [0.3, 0.4) is 0 Å². The first-order valence-electron chi connectivity index (χ1n) is 11.6. The van der Waals surface area contributed by atoms with Crippen molar-refractivity contribution in [2.75, 3.05) is 0 Å². The Morgan fingerprint density at radius 3 is 2.08 bits per heavy atom. The van der Waals surface area contributed by atoms with Gasteiger partial charge in [-0.05, 0) is 24.0 Å². The Morgan fingerprint density at radius 1 is 0.974 bits per heavy atom. The van der Waals surface area contributed by atoms with E-state index in [1.807, 2.05) is 0 Å². The molecule has 204 valence electrons. The summed E-state index contributed by atoms with van der Waals surface area (Å²) in [6.45, 7) is 6.91. The normalized spacial score (nSPS) is 12.1. The maximum Gasteiger partial charge on any atom is 0.431 e. The van der Waals surface area contributed by atoms with Crippen LogP contribution in [0.5, 0.6) is 5.75 Å². The average Bonchev–Trinajstić information content (AvgIpc) is 2.83. The molecule has 0 fully saturated rings. The van der Waals surface area contributed by atoms with Crippen LogP contribution in [0, 0.1) is 15.9 Å². The molecule has 39 heavy (non-hydrogen) atoms. The Hall–Kier alpha value is -4.62. The van der Waals surface area contributed by atoms with E-state index >= 15 is 0 Å². The number of nitro benzene ring substituents is 1. The first kappa shape index (κ1) is 27.4. The van der Waals surface area contributed by atoms with Crippen molar-refractivity contribution in [2.24, 2.45) is 0 Å². The van der Waals surface area contributed by atoms with Crippen LogP contribution in [0.25, 0.3) is 22.3 Å². The molecule has 0 radical (unpaired) electrons. The monoisotopic (exact) mass is 547 g/mol. The number of pyridine rings is 2. The smallest absolute Gasteiger partial charge is 0.431 e. The van der Waals surface area contributed by atoms with Gasteiger partial charge in [-0.15, -0.1) is 0 Å². The lowest BCUT2D eigenvalue weighted by atomic mass is 10.0. The van der Waals surface area contributed by atoms with E-state index in [-0.39, 0.29) is 33.5 Å². The zero-order chi connectivity index (χ0) is 29.0. The molecule has 0 bridgehead atoms. The molecule has 3 heterocycles. The maximum absolute atomic E-state index is 15.0. The standard InChI is InChI=1S/C25H21F4N5O5/c1-11(2)19-23(20(12(3)4)31-10-30-19)33-18(36)9-16(35)13-8-17(25(27,28)29)32(24(37)21(13)33)22-14(26)6-5-7-15(22)34(38)39/h5-12,35H,1-4H3. The van der Waals surface area contributed by atoms with Crippen molar-refractivity contribution in [1.29, 1.82) is 0 Å². The number of nitrogens with zero attached hydrogens (tertiary/aromatic N) is 5. The molecule has 0 spiro atoms. The molecule has 0 aliphatic carbocycles. The molecule has 0 saturated heterocycles. The number of rotatable bonds is 5. The Bertz CT molecular complexity index is 1730. The van der Waals surface area contributed by atoms with Crippen molar-refractivity contribution in [2.45, 2.75) is 45.7 Å². The minimum Gasteiger partial charge on any atom is -0.507 e. The zero-order valence-electron chi connectivity index (χ0n) is 20.9. The van der Waals surface area contributed by atoms with Crippen LogP contribution in [0.4, 0.5) is 23.2 Å². The number of halogens is 4. The highest BCUT2D eigenvalue weighted by molar-refractivity contribution is 5.87. The van der Waals surface area contributed by atoms with E-state index in [4.69, 9.17) is 0 Å². The summed E-state index contributed by atoms with van der Waals surface area (Å²) in [7, 11) is 0. The van der Waals surface area contributed by atoms with Gasteiger partial charge < -0.3 is 5.11 Å². The average molecular weight is 547 g/mol. The summed E-state index contributed by atoms with van der Waals surface area (Å²) in [6, 6.07) is 3.28. The lowest BCUT2D eigenvalue weighted by Crippen LogP contribution is -2.33. The summed E-state index contributed by atoms with van der Waals surface area (Å²) in [6.07, 6.45) is -4.09. The number of hydrogen-bond donors (Lipinski definition) is 1. The van der Waals surface area contributed by atoms with Gasteiger partial charge in [0, 0.05) is 17.5 Å². The summed E-state index contributed by atoms with van der Waals surface area (Å²) < 4.78 is 58.3. The predicted molar refractivity (Wildman–Crippen MR) is 132 cm³/mol. The van der Waals surface area contributed by atoms with Gasteiger partial charge >= 0.3 is 6.18 Å². The van der Waals surface area contributed by atoms with E-state index < -0.39 is 61.8 Å². The second-order valence-corrected chi connectivity index (χ2v) is 9.30. The molecular formula is C25H21F4N5O5. The van der Waals surface area contributed by atoms with Crippen LogP contribution in [0.2, 0.25) is 0 Å². The minimum atomic E-state index is -5.33. The highest BCUT2D eigenvalue weighted by atomic mass is 19.4. The molecule has 0 amide bonds. The first-order chi connectivity index (χ1) is 18.2. The number of alkyl halides is 3. The van der Waals surface area contributed by atoms with Crippen molar-refractivity contribution in [1.82, 2.24) is 19.1 Å². The van der Waals surface area contributed by atoms with Gasteiger partial charge in [0.15, 0.2) is 11.5 Å². The van der Waals surface area contributed by atoms with Gasteiger partial charge in [0.1, 0.15) is 23.3 Å². The van der Waals surface area contributed by atoms with Crippen molar-refractivity contribution in [3.8, 4) is 17.1 Å². The number of nitro groups is 1. The van der Waals surface area contributed by atoms with Gasteiger partial charge in [0.2, 0.25) is 0 Å². The van der Waals surface area contributed by atoms with Crippen LogP contribution in [-0.4, -0.2) is 29.1 Å². The van der Waals surface area contributed by atoms with Gasteiger partial charge in [-0.1, -0.05) is 33.8 Å². The van der Waals surface area contributed by atoms with E-state index in [2.05, 4.69) is 9.97 Å². The van der Waals surface area contributed by atoms with Gasteiger partial charge in [-0.2, -0.15) is 13.2 Å². The van der Waals surface area contributed by atoms with Crippen LogP contribution in [0.15, 0.2) is 46.2 Å². The van der Waals surface area contributed by atoms with E-state index in [9.17, 15) is 42.4 Å². The van der Waals surface area contributed by atoms with Gasteiger partial charge in [0.25, 0.3) is 16.8 Å². The SMILES string of the molecule is CC(C)c1ncnc(C(C)C)c1-n1c(=O)cc(O)c2cc(C(F)(F)F)n(-c3c(F)cccc3[N+](=O)[O-])c(=O)c21. The molecule has 1 N–H and O–H groups in total. The molecule has 0 saturated carbocycles. The first-order valence-corrected chi connectivity index (χ1v) is 11.6. The fourth-order valence-corrected chi connectivity index (χ4v) is 4.39. The third kappa shape index (κ3) is 4.51. The summed E-state index contributed by atoms with van der Waals surface area (Å²) in [5.41, 5.74) is -7.07. The zero-order valence-corrected chi connectivity index (χ0v) is 20.9. The molecule has 0 aliphatic heterocycles. The quantitative estimate of drug-likeness (QED) is 0.212. The fraction of sp³-hybridized carbons (Fsp3) is 0.280.